The summed E-state index contributed by atoms with van der Waals surface area (Å²) >= 11 is 0. The van der Waals surface area contributed by atoms with Gasteiger partial charge < -0.3 is 20.9 Å². The van der Waals surface area contributed by atoms with Crippen LogP contribution in [0.3, 0.4) is 0 Å². The van der Waals surface area contributed by atoms with Crippen LogP contribution in [0.5, 0.6) is 11.5 Å². The number of benzene rings is 2. The summed E-state index contributed by atoms with van der Waals surface area (Å²) in [6.45, 7) is 0. The standard InChI is InChI=1S/C25H34N2O4/c26-20-14-10-12-16-22(20)30-24(28)18-8-6-4-2-1-3-5-7-9-19-25(29)31-23-17-13-11-15-21(23)27/h10-17H,1-9,18-19,26-27H2. The van der Waals surface area contributed by atoms with Crippen LogP contribution in [-0.2, 0) is 9.59 Å². The predicted molar refractivity (Wildman–Crippen MR) is 124 cm³/mol. The van der Waals surface area contributed by atoms with Gasteiger partial charge in [-0.1, -0.05) is 69.2 Å². The first-order chi connectivity index (χ1) is 15.1. The number of rotatable bonds is 14. The summed E-state index contributed by atoms with van der Waals surface area (Å²) < 4.78 is 10.6. The van der Waals surface area contributed by atoms with E-state index in [1.165, 1.54) is 6.42 Å². The molecule has 2 aromatic rings. The van der Waals surface area contributed by atoms with Crippen molar-refractivity contribution >= 4 is 23.3 Å². The number of unbranched alkanes of at least 4 members (excludes halogenated alkanes) is 8. The Morgan fingerprint density at radius 1 is 0.548 bits per heavy atom. The Balaban J connectivity index is 1.39. The molecule has 6 heteroatoms. The molecule has 0 unspecified atom stereocenters. The lowest BCUT2D eigenvalue weighted by Gasteiger charge is -2.07. The second-order valence-corrected chi connectivity index (χ2v) is 7.71. The van der Waals surface area contributed by atoms with Crippen LogP contribution < -0.4 is 20.9 Å². The van der Waals surface area contributed by atoms with E-state index in [2.05, 4.69) is 0 Å². The number of nitrogen functional groups attached to an aromatic ring is 2. The summed E-state index contributed by atoms with van der Waals surface area (Å²) in [7, 11) is 0. The van der Waals surface area contributed by atoms with Crippen molar-refractivity contribution in [2.45, 2.75) is 70.6 Å². The summed E-state index contributed by atoms with van der Waals surface area (Å²) in [5, 5.41) is 0. The van der Waals surface area contributed by atoms with E-state index in [0.717, 1.165) is 51.4 Å². The van der Waals surface area contributed by atoms with Crippen molar-refractivity contribution in [3.05, 3.63) is 48.5 Å². The molecule has 0 heterocycles. The smallest absolute Gasteiger partial charge is 0.311 e. The van der Waals surface area contributed by atoms with Crippen molar-refractivity contribution in [3.8, 4) is 11.5 Å². The Hall–Kier alpha value is -3.02. The molecule has 0 bridgehead atoms. The zero-order valence-electron chi connectivity index (χ0n) is 18.2. The van der Waals surface area contributed by atoms with Gasteiger partial charge in [-0.3, -0.25) is 9.59 Å². The van der Waals surface area contributed by atoms with Gasteiger partial charge in [0.15, 0.2) is 11.5 Å². The minimum atomic E-state index is -0.230. The molecule has 168 valence electrons. The first kappa shape index (κ1) is 24.3. The monoisotopic (exact) mass is 426 g/mol. The fraction of sp³-hybridized carbons (Fsp3) is 0.440. The summed E-state index contributed by atoms with van der Waals surface area (Å²) in [6.07, 6.45) is 10.3. The molecule has 0 atom stereocenters. The topological polar surface area (TPSA) is 105 Å². The minimum absolute atomic E-state index is 0.230. The van der Waals surface area contributed by atoms with Crippen molar-refractivity contribution in [3.63, 3.8) is 0 Å². The molecule has 31 heavy (non-hydrogen) atoms. The SMILES string of the molecule is Nc1ccccc1OC(=O)CCCCCCCCCCCC(=O)Oc1ccccc1N. The van der Waals surface area contributed by atoms with E-state index in [1.54, 1.807) is 36.4 Å². The average molecular weight is 427 g/mol. The number of anilines is 2. The van der Waals surface area contributed by atoms with E-state index in [-0.39, 0.29) is 11.9 Å². The van der Waals surface area contributed by atoms with Crippen LogP contribution in [0.2, 0.25) is 0 Å². The molecular formula is C25H34N2O4. The van der Waals surface area contributed by atoms with Crippen LogP contribution in [0, 0.1) is 0 Å². The fourth-order valence-corrected chi connectivity index (χ4v) is 3.27. The first-order valence-corrected chi connectivity index (χ1v) is 11.2. The predicted octanol–water partition coefficient (Wildman–Crippen LogP) is 5.65. The molecule has 2 rings (SSSR count). The summed E-state index contributed by atoms with van der Waals surface area (Å²) in [4.78, 5) is 23.7. The molecule has 4 N–H and O–H groups in total. The maximum Gasteiger partial charge on any atom is 0.311 e. The van der Waals surface area contributed by atoms with E-state index in [0.29, 0.717) is 35.7 Å². The van der Waals surface area contributed by atoms with Crippen LogP contribution in [0.1, 0.15) is 70.6 Å². The van der Waals surface area contributed by atoms with Crippen molar-refractivity contribution < 1.29 is 19.1 Å². The zero-order valence-corrected chi connectivity index (χ0v) is 18.2. The second kappa shape index (κ2) is 14.1. The lowest BCUT2D eigenvalue weighted by molar-refractivity contribution is -0.135. The number of ether oxygens (including phenoxy) is 2. The van der Waals surface area contributed by atoms with Crippen molar-refractivity contribution in [1.29, 1.82) is 0 Å². The fourth-order valence-electron chi connectivity index (χ4n) is 3.27. The third kappa shape index (κ3) is 10.0. The minimum Gasteiger partial charge on any atom is -0.424 e. The number of hydrogen-bond donors (Lipinski definition) is 2. The average Bonchev–Trinajstić information content (AvgIpc) is 2.75. The molecule has 0 aliphatic heterocycles. The lowest BCUT2D eigenvalue weighted by atomic mass is 10.1. The largest absolute Gasteiger partial charge is 0.424 e. The molecule has 6 nitrogen and oxygen atoms in total. The van der Waals surface area contributed by atoms with Crippen molar-refractivity contribution in [1.82, 2.24) is 0 Å². The lowest BCUT2D eigenvalue weighted by Crippen LogP contribution is -2.08. The summed E-state index contributed by atoms with van der Waals surface area (Å²) in [5.41, 5.74) is 12.5. The normalized spacial score (nSPS) is 10.6. The highest BCUT2D eigenvalue weighted by Gasteiger charge is 2.08. The molecule has 0 radical (unpaired) electrons. The maximum absolute atomic E-state index is 11.9. The van der Waals surface area contributed by atoms with Gasteiger partial charge >= 0.3 is 11.9 Å². The number of esters is 2. The van der Waals surface area contributed by atoms with Gasteiger partial charge in [0.05, 0.1) is 11.4 Å². The van der Waals surface area contributed by atoms with Crippen molar-refractivity contribution in [2.75, 3.05) is 11.5 Å². The van der Waals surface area contributed by atoms with Crippen LogP contribution in [0.4, 0.5) is 11.4 Å². The van der Waals surface area contributed by atoms with E-state index >= 15 is 0 Å². The molecule has 0 aliphatic carbocycles. The van der Waals surface area contributed by atoms with Gasteiger partial charge in [-0.05, 0) is 37.1 Å². The van der Waals surface area contributed by atoms with Gasteiger partial charge in [0, 0.05) is 12.8 Å². The number of para-hydroxylation sites is 4. The molecule has 0 amide bonds. The van der Waals surface area contributed by atoms with Gasteiger partial charge in [0.25, 0.3) is 0 Å². The molecule has 0 spiro atoms. The van der Waals surface area contributed by atoms with Gasteiger partial charge in [0.1, 0.15) is 0 Å². The highest BCUT2D eigenvalue weighted by molar-refractivity contribution is 5.75. The van der Waals surface area contributed by atoms with Crippen LogP contribution in [0.25, 0.3) is 0 Å². The highest BCUT2D eigenvalue weighted by Crippen LogP contribution is 2.22. The van der Waals surface area contributed by atoms with E-state index in [9.17, 15) is 9.59 Å². The third-order valence-electron chi connectivity index (χ3n) is 5.05. The molecule has 0 aliphatic rings. The Bertz CT molecular complexity index is 755. The van der Waals surface area contributed by atoms with Gasteiger partial charge in [-0.15, -0.1) is 0 Å². The Morgan fingerprint density at radius 2 is 0.871 bits per heavy atom. The molecule has 0 saturated carbocycles. The quantitative estimate of drug-likeness (QED) is 0.175. The third-order valence-corrected chi connectivity index (χ3v) is 5.05. The Kier molecular flexibility index (Phi) is 11.0. The van der Waals surface area contributed by atoms with Crippen LogP contribution in [-0.4, -0.2) is 11.9 Å². The maximum atomic E-state index is 11.9. The van der Waals surface area contributed by atoms with Crippen molar-refractivity contribution in [2.24, 2.45) is 0 Å². The Morgan fingerprint density at radius 3 is 1.23 bits per heavy atom. The van der Waals surface area contributed by atoms with Gasteiger partial charge in [-0.2, -0.15) is 0 Å². The highest BCUT2D eigenvalue weighted by atomic mass is 16.5. The summed E-state index contributed by atoms with van der Waals surface area (Å²) in [6, 6.07) is 14.1. The van der Waals surface area contributed by atoms with E-state index in [1.807, 2.05) is 12.1 Å². The number of hydrogen-bond acceptors (Lipinski definition) is 6. The molecule has 0 fully saturated rings. The van der Waals surface area contributed by atoms with Gasteiger partial charge in [-0.25, -0.2) is 0 Å². The molecule has 2 aromatic carbocycles. The molecule has 0 aromatic heterocycles. The molecular weight excluding hydrogens is 392 g/mol. The number of carbonyl (C=O) groups is 2. The van der Waals surface area contributed by atoms with Crippen LogP contribution >= 0.6 is 0 Å². The Labute approximate surface area is 184 Å². The van der Waals surface area contributed by atoms with E-state index in [4.69, 9.17) is 20.9 Å². The van der Waals surface area contributed by atoms with Gasteiger partial charge in [0.2, 0.25) is 0 Å². The zero-order chi connectivity index (χ0) is 22.3. The first-order valence-electron chi connectivity index (χ1n) is 11.2. The number of nitrogens with two attached hydrogens (primary N) is 2. The molecule has 0 saturated heterocycles. The number of carbonyl (C=O) groups excluding carboxylic acids is 2. The summed E-state index contributed by atoms with van der Waals surface area (Å²) in [5.74, 6) is 0.410. The van der Waals surface area contributed by atoms with E-state index < -0.39 is 0 Å². The van der Waals surface area contributed by atoms with Crippen LogP contribution in [0.15, 0.2) is 48.5 Å². The second-order valence-electron chi connectivity index (χ2n) is 7.71.